The molecule has 0 saturated heterocycles. The summed E-state index contributed by atoms with van der Waals surface area (Å²) in [5.41, 5.74) is 7.33. The first-order valence-corrected chi connectivity index (χ1v) is 10.5. The van der Waals surface area contributed by atoms with Gasteiger partial charge in [0.25, 0.3) is 0 Å². The van der Waals surface area contributed by atoms with Crippen LogP contribution in [0.4, 0.5) is 0 Å². The lowest BCUT2D eigenvalue weighted by Gasteiger charge is -2.09. The highest BCUT2D eigenvalue weighted by molar-refractivity contribution is 5.93. The van der Waals surface area contributed by atoms with Gasteiger partial charge in [-0.1, -0.05) is 60.7 Å². The van der Waals surface area contributed by atoms with Gasteiger partial charge in [0.15, 0.2) is 0 Å². The van der Waals surface area contributed by atoms with Crippen LogP contribution in [0.5, 0.6) is 0 Å². The Kier molecular flexibility index (Phi) is 4.40. The van der Waals surface area contributed by atoms with Crippen molar-refractivity contribution in [3.8, 4) is 33.9 Å². The zero-order valence-corrected chi connectivity index (χ0v) is 17.2. The third kappa shape index (κ3) is 3.19. The lowest BCUT2D eigenvalue weighted by Crippen LogP contribution is -1.94. The maximum Gasteiger partial charge on any atom is 0.0893 e. The Hall–Kier alpha value is -4.44. The van der Waals surface area contributed by atoms with Gasteiger partial charge in [0.2, 0.25) is 0 Å². The molecule has 6 rings (SSSR count). The van der Waals surface area contributed by atoms with E-state index in [0.717, 1.165) is 55.7 Å². The fraction of sp³-hybridized carbons (Fsp3) is 0. The first-order valence-electron chi connectivity index (χ1n) is 10.5. The molecule has 0 aliphatic carbocycles. The van der Waals surface area contributed by atoms with Crippen molar-refractivity contribution >= 4 is 21.8 Å². The minimum Gasteiger partial charge on any atom is -0.256 e. The van der Waals surface area contributed by atoms with Gasteiger partial charge in [0.05, 0.1) is 33.8 Å². The maximum absolute atomic E-state index is 4.94. The van der Waals surface area contributed by atoms with Crippen molar-refractivity contribution in [2.75, 3.05) is 0 Å². The van der Waals surface area contributed by atoms with Crippen molar-refractivity contribution in [1.29, 1.82) is 0 Å². The molecule has 6 aromatic rings. The van der Waals surface area contributed by atoms with Crippen molar-refractivity contribution in [1.82, 2.24) is 19.9 Å². The largest absolute Gasteiger partial charge is 0.256 e. The highest BCUT2D eigenvalue weighted by atomic mass is 14.8. The molecule has 150 valence electrons. The van der Waals surface area contributed by atoms with Crippen LogP contribution in [0, 0.1) is 0 Å². The molecule has 0 saturated carbocycles. The fourth-order valence-corrected chi connectivity index (χ4v) is 4.08. The molecule has 0 bridgehead atoms. The van der Waals surface area contributed by atoms with E-state index in [4.69, 9.17) is 9.97 Å². The number of fused-ring (bicyclic) bond motifs is 2. The fourth-order valence-electron chi connectivity index (χ4n) is 4.08. The molecule has 0 unspecified atom stereocenters. The Balaban J connectivity index is 1.46. The number of aromatic nitrogens is 4. The van der Waals surface area contributed by atoms with Crippen LogP contribution in [0.3, 0.4) is 0 Å². The standard InChI is InChI=1S/C28H18N4/c1-7-19-9-5-17-29-27(19)21(11-1)23-13-3-15-25(31-23)26-16-4-14-24(32-26)22-12-2-8-20-10-6-18-30-28(20)22/h1-18H. The number of nitrogens with zero attached hydrogens (tertiary/aromatic N) is 4. The topological polar surface area (TPSA) is 51.6 Å². The Morgan fingerprint density at radius 3 is 1.28 bits per heavy atom. The average Bonchev–Trinajstić information content (AvgIpc) is 2.88. The summed E-state index contributed by atoms with van der Waals surface area (Å²) < 4.78 is 0. The molecule has 4 heterocycles. The molecule has 0 spiro atoms. The van der Waals surface area contributed by atoms with Crippen LogP contribution in [0.15, 0.2) is 109 Å². The lowest BCUT2D eigenvalue weighted by molar-refractivity contribution is 1.25. The molecular weight excluding hydrogens is 392 g/mol. The van der Waals surface area contributed by atoms with E-state index in [1.54, 1.807) is 0 Å². The third-order valence-corrected chi connectivity index (χ3v) is 5.58. The van der Waals surface area contributed by atoms with E-state index in [2.05, 4.69) is 46.4 Å². The molecule has 2 aromatic carbocycles. The molecule has 4 aromatic heterocycles. The highest BCUT2D eigenvalue weighted by Gasteiger charge is 2.11. The van der Waals surface area contributed by atoms with E-state index in [9.17, 15) is 0 Å². The van der Waals surface area contributed by atoms with Gasteiger partial charge < -0.3 is 0 Å². The zero-order valence-electron chi connectivity index (χ0n) is 17.2. The van der Waals surface area contributed by atoms with Crippen LogP contribution in [-0.4, -0.2) is 19.9 Å². The molecule has 4 heteroatoms. The van der Waals surface area contributed by atoms with Crippen LogP contribution < -0.4 is 0 Å². The molecule has 0 aliphatic heterocycles. The van der Waals surface area contributed by atoms with E-state index in [0.29, 0.717) is 0 Å². The monoisotopic (exact) mass is 410 g/mol. The van der Waals surface area contributed by atoms with Crippen molar-refractivity contribution in [2.24, 2.45) is 0 Å². The molecule has 0 N–H and O–H groups in total. The summed E-state index contributed by atoms with van der Waals surface area (Å²) in [6.07, 6.45) is 3.64. The summed E-state index contributed by atoms with van der Waals surface area (Å²) in [5.74, 6) is 0. The van der Waals surface area contributed by atoms with Gasteiger partial charge in [0.1, 0.15) is 0 Å². The van der Waals surface area contributed by atoms with E-state index < -0.39 is 0 Å². The summed E-state index contributed by atoms with van der Waals surface area (Å²) in [4.78, 5) is 19.0. The minimum absolute atomic E-state index is 0.825. The number of benzene rings is 2. The number of para-hydroxylation sites is 2. The Bertz CT molecular complexity index is 1460. The Labute approximate surface area is 185 Å². The predicted molar refractivity (Wildman–Crippen MR) is 129 cm³/mol. The SMILES string of the molecule is c1cc(-c2cccc(-c3cccc4cccnc34)n2)nc(-c2cccc3cccnc23)c1. The minimum atomic E-state index is 0.825. The normalized spacial score (nSPS) is 11.1. The Morgan fingerprint density at radius 2 is 0.781 bits per heavy atom. The molecule has 0 atom stereocenters. The second-order valence-corrected chi connectivity index (χ2v) is 7.58. The van der Waals surface area contributed by atoms with Gasteiger partial charge >= 0.3 is 0 Å². The van der Waals surface area contributed by atoms with Crippen LogP contribution >= 0.6 is 0 Å². The van der Waals surface area contributed by atoms with Gasteiger partial charge in [-0.2, -0.15) is 0 Å². The van der Waals surface area contributed by atoms with E-state index in [1.165, 1.54) is 0 Å². The molecule has 32 heavy (non-hydrogen) atoms. The van der Waals surface area contributed by atoms with E-state index in [-0.39, 0.29) is 0 Å². The number of hydrogen-bond donors (Lipinski definition) is 0. The quantitative estimate of drug-likeness (QED) is 0.331. The predicted octanol–water partition coefficient (Wildman–Crippen LogP) is 6.57. The first-order chi connectivity index (χ1) is 15.9. The first kappa shape index (κ1) is 18.3. The summed E-state index contributed by atoms with van der Waals surface area (Å²) in [6, 6.07) is 32.5. The third-order valence-electron chi connectivity index (χ3n) is 5.58. The zero-order chi connectivity index (χ0) is 21.3. The number of hydrogen-bond acceptors (Lipinski definition) is 4. The summed E-state index contributed by atoms with van der Waals surface area (Å²) in [7, 11) is 0. The van der Waals surface area contributed by atoms with Crippen LogP contribution in [-0.2, 0) is 0 Å². The smallest absolute Gasteiger partial charge is 0.0893 e. The molecular formula is C28H18N4. The van der Waals surface area contributed by atoms with Gasteiger partial charge in [-0.05, 0) is 36.4 Å². The number of pyridine rings is 4. The van der Waals surface area contributed by atoms with Crippen molar-refractivity contribution in [3.05, 3.63) is 109 Å². The van der Waals surface area contributed by atoms with Gasteiger partial charge in [-0.3, -0.25) is 9.97 Å². The van der Waals surface area contributed by atoms with Crippen LogP contribution in [0.2, 0.25) is 0 Å². The average molecular weight is 410 g/mol. The Morgan fingerprint density at radius 1 is 0.375 bits per heavy atom. The van der Waals surface area contributed by atoms with Crippen molar-refractivity contribution < 1.29 is 0 Å². The maximum atomic E-state index is 4.94. The van der Waals surface area contributed by atoms with Gasteiger partial charge in [-0.25, -0.2) is 9.97 Å². The summed E-state index contributed by atoms with van der Waals surface area (Å²) >= 11 is 0. The highest BCUT2D eigenvalue weighted by Crippen LogP contribution is 2.30. The summed E-state index contributed by atoms with van der Waals surface area (Å²) in [5, 5.41) is 2.20. The summed E-state index contributed by atoms with van der Waals surface area (Å²) in [6.45, 7) is 0. The molecule has 0 fully saturated rings. The molecule has 0 aliphatic rings. The second-order valence-electron chi connectivity index (χ2n) is 7.58. The molecule has 4 nitrogen and oxygen atoms in total. The molecule has 0 radical (unpaired) electrons. The number of rotatable bonds is 3. The van der Waals surface area contributed by atoms with Crippen molar-refractivity contribution in [3.63, 3.8) is 0 Å². The van der Waals surface area contributed by atoms with E-state index >= 15 is 0 Å². The van der Waals surface area contributed by atoms with Crippen molar-refractivity contribution in [2.45, 2.75) is 0 Å². The second kappa shape index (κ2) is 7.67. The lowest BCUT2D eigenvalue weighted by atomic mass is 10.0. The molecule has 0 amide bonds. The van der Waals surface area contributed by atoms with Gasteiger partial charge in [-0.15, -0.1) is 0 Å². The van der Waals surface area contributed by atoms with Crippen LogP contribution in [0.1, 0.15) is 0 Å². The van der Waals surface area contributed by atoms with Crippen LogP contribution in [0.25, 0.3) is 55.7 Å². The van der Waals surface area contributed by atoms with E-state index in [1.807, 2.05) is 73.1 Å². The van der Waals surface area contributed by atoms with Gasteiger partial charge in [0, 0.05) is 34.3 Å².